The summed E-state index contributed by atoms with van der Waals surface area (Å²) in [5.41, 5.74) is 1.78. The third-order valence-electron chi connectivity index (χ3n) is 3.97. The molecule has 3 rings (SSSR count). The molecule has 1 nitrogen and oxygen atoms in total. The molecule has 0 saturated heterocycles. The first-order valence-corrected chi connectivity index (χ1v) is 7.75. The maximum absolute atomic E-state index is 3.63. The molecule has 0 aliphatic heterocycles. The van der Waals surface area contributed by atoms with Crippen molar-refractivity contribution in [2.24, 2.45) is 0 Å². The highest BCUT2D eigenvalue weighted by Gasteiger charge is 2.25. The first-order valence-electron chi connectivity index (χ1n) is 6.87. The average molecular weight is 259 g/mol. The van der Waals surface area contributed by atoms with Crippen molar-refractivity contribution < 1.29 is 0 Å². The molecule has 0 spiro atoms. The molecule has 1 aliphatic rings. The van der Waals surface area contributed by atoms with Gasteiger partial charge in [0, 0.05) is 10.7 Å². The van der Waals surface area contributed by atoms with Gasteiger partial charge in [0.2, 0.25) is 0 Å². The van der Waals surface area contributed by atoms with Crippen molar-refractivity contribution >= 4 is 21.4 Å². The number of thiophene rings is 1. The standard InChI is InChI=1S/C16H21NS/c1-16(2,9-10-17-12-7-8-12)14-11-18-15-6-4-3-5-13(14)15/h3-6,11-12,17H,7-10H2,1-2H3. The van der Waals surface area contributed by atoms with Gasteiger partial charge in [0.1, 0.15) is 0 Å². The lowest BCUT2D eigenvalue weighted by atomic mass is 9.81. The van der Waals surface area contributed by atoms with Crippen LogP contribution in [0.1, 0.15) is 38.7 Å². The van der Waals surface area contributed by atoms with Crippen molar-refractivity contribution in [2.45, 2.75) is 44.6 Å². The zero-order valence-electron chi connectivity index (χ0n) is 11.2. The van der Waals surface area contributed by atoms with E-state index in [-0.39, 0.29) is 5.41 Å². The molecule has 1 aliphatic carbocycles. The van der Waals surface area contributed by atoms with E-state index in [1.807, 2.05) is 11.3 Å². The van der Waals surface area contributed by atoms with Crippen LogP contribution < -0.4 is 5.32 Å². The Hall–Kier alpha value is -0.860. The molecule has 1 saturated carbocycles. The van der Waals surface area contributed by atoms with Gasteiger partial charge < -0.3 is 5.32 Å². The van der Waals surface area contributed by atoms with E-state index in [2.05, 4.69) is 48.8 Å². The molecule has 1 N–H and O–H groups in total. The summed E-state index contributed by atoms with van der Waals surface area (Å²) >= 11 is 1.87. The molecular weight excluding hydrogens is 238 g/mol. The smallest absolute Gasteiger partial charge is 0.0345 e. The van der Waals surface area contributed by atoms with Crippen molar-refractivity contribution in [3.05, 3.63) is 35.2 Å². The highest BCUT2D eigenvalue weighted by atomic mass is 32.1. The molecule has 1 aromatic carbocycles. The molecule has 96 valence electrons. The van der Waals surface area contributed by atoms with Crippen LogP contribution in [0.15, 0.2) is 29.6 Å². The average Bonchev–Trinajstić information content (AvgIpc) is 3.06. The van der Waals surface area contributed by atoms with E-state index in [0.29, 0.717) is 0 Å². The summed E-state index contributed by atoms with van der Waals surface area (Å²) in [6.45, 7) is 5.88. The van der Waals surface area contributed by atoms with Crippen LogP contribution in [0.3, 0.4) is 0 Å². The molecule has 2 heteroatoms. The fourth-order valence-electron chi connectivity index (χ4n) is 2.51. The highest BCUT2D eigenvalue weighted by molar-refractivity contribution is 7.17. The largest absolute Gasteiger partial charge is 0.314 e. The van der Waals surface area contributed by atoms with Crippen molar-refractivity contribution in [1.29, 1.82) is 0 Å². The summed E-state index contributed by atoms with van der Waals surface area (Å²) in [4.78, 5) is 0. The molecule has 2 aromatic rings. The summed E-state index contributed by atoms with van der Waals surface area (Å²) in [5.74, 6) is 0. The van der Waals surface area contributed by atoms with E-state index in [4.69, 9.17) is 0 Å². The molecule has 0 atom stereocenters. The quantitative estimate of drug-likeness (QED) is 0.843. The van der Waals surface area contributed by atoms with E-state index in [0.717, 1.165) is 12.6 Å². The summed E-state index contributed by atoms with van der Waals surface area (Å²) < 4.78 is 1.41. The topological polar surface area (TPSA) is 12.0 Å². The Kier molecular flexibility index (Phi) is 3.16. The van der Waals surface area contributed by atoms with Gasteiger partial charge in [-0.25, -0.2) is 0 Å². The Morgan fingerprint density at radius 1 is 1.28 bits per heavy atom. The number of nitrogens with one attached hydrogen (secondary N) is 1. The molecular formula is C16H21NS. The van der Waals surface area contributed by atoms with Crippen LogP contribution in [0.5, 0.6) is 0 Å². The molecule has 1 fully saturated rings. The van der Waals surface area contributed by atoms with Gasteiger partial charge in [-0.05, 0) is 53.6 Å². The summed E-state index contributed by atoms with van der Waals surface area (Å²) in [6, 6.07) is 9.58. The maximum atomic E-state index is 3.63. The van der Waals surface area contributed by atoms with Gasteiger partial charge in [-0.2, -0.15) is 0 Å². The van der Waals surface area contributed by atoms with Gasteiger partial charge in [-0.1, -0.05) is 32.0 Å². The van der Waals surface area contributed by atoms with E-state index in [9.17, 15) is 0 Å². The van der Waals surface area contributed by atoms with Crippen LogP contribution in [-0.2, 0) is 5.41 Å². The lowest BCUT2D eigenvalue weighted by Gasteiger charge is -2.25. The molecule has 0 unspecified atom stereocenters. The Bertz CT molecular complexity index is 537. The van der Waals surface area contributed by atoms with E-state index >= 15 is 0 Å². The minimum absolute atomic E-state index is 0.265. The Labute approximate surface area is 113 Å². The van der Waals surface area contributed by atoms with E-state index in [1.54, 1.807) is 0 Å². The summed E-state index contributed by atoms with van der Waals surface area (Å²) in [7, 11) is 0. The first-order chi connectivity index (χ1) is 8.67. The minimum Gasteiger partial charge on any atom is -0.314 e. The van der Waals surface area contributed by atoms with Gasteiger partial charge in [-0.3, -0.25) is 0 Å². The van der Waals surface area contributed by atoms with Crippen LogP contribution in [0, 0.1) is 0 Å². The van der Waals surface area contributed by atoms with Crippen molar-refractivity contribution in [3.8, 4) is 0 Å². The number of hydrogen-bond donors (Lipinski definition) is 1. The molecule has 0 radical (unpaired) electrons. The van der Waals surface area contributed by atoms with E-state index in [1.165, 1.54) is 34.9 Å². The zero-order chi connectivity index (χ0) is 12.6. The Morgan fingerprint density at radius 3 is 2.83 bits per heavy atom. The van der Waals surface area contributed by atoms with Crippen LogP contribution in [0.2, 0.25) is 0 Å². The van der Waals surface area contributed by atoms with Crippen molar-refractivity contribution in [1.82, 2.24) is 5.32 Å². The second kappa shape index (κ2) is 4.67. The van der Waals surface area contributed by atoms with Gasteiger partial charge in [0.05, 0.1) is 0 Å². The van der Waals surface area contributed by atoms with Gasteiger partial charge in [-0.15, -0.1) is 11.3 Å². The SMILES string of the molecule is CC(C)(CCNC1CC1)c1csc2ccccc12. The summed E-state index contributed by atoms with van der Waals surface area (Å²) in [5, 5.41) is 7.42. The lowest BCUT2D eigenvalue weighted by Crippen LogP contribution is -2.26. The van der Waals surface area contributed by atoms with Crippen LogP contribution >= 0.6 is 11.3 Å². The second-order valence-corrected chi connectivity index (χ2v) is 6.92. The van der Waals surface area contributed by atoms with Gasteiger partial charge in [0.15, 0.2) is 0 Å². The van der Waals surface area contributed by atoms with Crippen molar-refractivity contribution in [3.63, 3.8) is 0 Å². The third kappa shape index (κ3) is 2.45. The number of rotatable bonds is 5. The molecule has 0 amide bonds. The fraction of sp³-hybridized carbons (Fsp3) is 0.500. The number of fused-ring (bicyclic) bond motifs is 1. The first kappa shape index (κ1) is 12.2. The van der Waals surface area contributed by atoms with E-state index < -0.39 is 0 Å². The third-order valence-corrected chi connectivity index (χ3v) is 4.93. The highest BCUT2D eigenvalue weighted by Crippen LogP contribution is 2.36. The predicted molar refractivity (Wildman–Crippen MR) is 80.5 cm³/mol. The van der Waals surface area contributed by atoms with Crippen LogP contribution in [0.4, 0.5) is 0 Å². The van der Waals surface area contributed by atoms with Crippen LogP contribution in [-0.4, -0.2) is 12.6 Å². The predicted octanol–water partition coefficient (Wildman–Crippen LogP) is 4.32. The summed E-state index contributed by atoms with van der Waals surface area (Å²) in [6.07, 6.45) is 3.97. The minimum atomic E-state index is 0.265. The maximum Gasteiger partial charge on any atom is 0.0345 e. The molecule has 1 heterocycles. The van der Waals surface area contributed by atoms with Gasteiger partial charge in [0.25, 0.3) is 0 Å². The monoisotopic (exact) mass is 259 g/mol. The van der Waals surface area contributed by atoms with Gasteiger partial charge >= 0.3 is 0 Å². The Morgan fingerprint density at radius 2 is 2.06 bits per heavy atom. The normalized spacial score (nSPS) is 16.3. The Balaban J connectivity index is 1.78. The number of benzene rings is 1. The molecule has 0 bridgehead atoms. The van der Waals surface area contributed by atoms with Crippen molar-refractivity contribution in [2.75, 3.05) is 6.54 Å². The zero-order valence-corrected chi connectivity index (χ0v) is 12.0. The number of hydrogen-bond acceptors (Lipinski definition) is 2. The second-order valence-electron chi connectivity index (χ2n) is 6.01. The fourth-order valence-corrected chi connectivity index (χ4v) is 3.67. The van der Waals surface area contributed by atoms with Crippen LogP contribution in [0.25, 0.3) is 10.1 Å². The lowest BCUT2D eigenvalue weighted by molar-refractivity contribution is 0.460. The molecule has 1 aromatic heterocycles. The molecule has 18 heavy (non-hydrogen) atoms.